The average Bonchev–Trinajstić information content (AvgIpc) is 2.44. The summed E-state index contributed by atoms with van der Waals surface area (Å²) in [5, 5.41) is 0. The standard InChI is InChI=1S/C14H27FN2/c1-12(2,3)17-9-7-14(8-10-17)6-5-13(4,15)11(14)16/h11H,5-10,16H2,1-4H3/t11-,13?/m0/s1. The molecule has 2 aliphatic rings. The van der Waals surface area contributed by atoms with Crippen molar-refractivity contribution in [3.63, 3.8) is 0 Å². The van der Waals surface area contributed by atoms with Crippen LogP contribution < -0.4 is 5.73 Å². The summed E-state index contributed by atoms with van der Waals surface area (Å²) in [5.74, 6) is 0. The van der Waals surface area contributed by atoms with Gasteiger partial charge in [-0.25, -0.2) is 4.39 Å². The Kier molecular flexibility index (Phi) is 3.07. The zero-order valence-corrected chi connectivity index (χ0v) is 11.7. The van der Waals surface area contributed by atoms with Gasteiger partial charge in [-0.2, -0.15) is 0 Å². The summed E-state index contributed by atoms with van der Waals surface area (Å²) in [5.41, 5.74) is 5.33. The van der Waals surface area contributed by atoms with E-state index in [9.17, 15) is 4.39 Å². The number of rotatable bonds is 0. The maximum absolute atomic E-state index is 14.2. The van der Waals surface area contributed by atoms with Crippen LogP contribution in [0.1, 0.15) is 53.4 Å². The van der Waals surface area contributed by atoms with Crippen molar-refractivity contribution >= 4 is 0 Å². The molecule has 1 unspecified atom stereocenters. The van der Waals surface area contributed by atoms with Crippen molar-refractivity contribution < 1.29 is 4.39 Å². The van der Waals surface area contributed by atoms with E-state index in [2.05, 4.69) is 25.7 Å². The van der Waals surface area contributed by atoms with Gasteiger partial charge >= 0.3 is 0 Å². The van der Waals surface area contributed by atoms with Crippen molar-refractivity contribution in [1.29, 1.82) is 0 Å². The quantitative estimate of drug-likeness (QED) is 0.707. The highest BCUT2D eigenvalue weighted by Gasteiger charge is 2.54. The van der Waals surface area contributed by atoms with E-state index in [1.54, 1.807) is 6.92 Å². The number of piperidine rings is 1. The largest absolute Gasteiger partial charge is 0.325 e. The van der Waals surface area contributed by atoms with Gasteiger partial charge in [0.1, 0.15) is 5.67 Å². The average molecular weight is 242 g/mol. The third-order valence-corrected chi connectivity index (χ3v) is 5.13. The molecule has 0 amide bonds. The monoisotopic (exact) mass is 242 g/mol. The first-order chi connectivity index (χ1) is 7.67. The van der Waals surface area contributed by atoms with Crippen LogP contribution in [0.5, 0.6) is 0 Å². The van der Waals surface area contributed by atoms with Gasteiger partial charge in [-0.15, -0.1) is 0 Å². The SMILES string of the molecule is CC1(F)CCC2(CCN(C(C)(C)C)CC2)[C@H]1N. The van der Waals surface area contributed by atoms with E-state index >= 15 is 0 Å². The summed E-state index contributed by atoms with van der Waals surface area (Å²) in [7, 11) is 0. The number of likely N-dealkylation sites (tertiary alicyclic amines) is 1. The van der Waals surface area contributed by atoms with Crippen molar-refractivity contribution in [2.24, 2.45) is 11.1 Å². The normalized spacial score (nSPS) is 38.8. The number of hydrogen-bond donors (Lipinski definition) is 1. The Hall–Kier alpha value is -0.150. The molecule has 1 saturated carbocycles. The molecule has 1 saturated heterocycles. The van der Waals surface area contributed by atoms with Gasteiger partial charge < -0.3 is 5.73 Å². The molecule has 100 valence electrons. The first kappa shape index (κ1) is 13.3. The minimum absolute atomic E-state index is 0.0747. The van der Waals surface area contributed by atoms with Crippen LogP contribution >= 0.6 is 0 Å². The smallest absolute Gasteiger partial charge is 0.123 e. The van der Waals surface area contributed by atoms with Crippen LogP contribution in [0.4, 0.5) is 4.39 Å². The molecule has 1 spiro atoms. The van der Waals surface area contributed by atoms with Crippen molar-refractivity contribution in [3.8, 4) is 0 Å². The van der Waals surface area contributed by atoms with Crippen molar-refractivity contribution in [1.82, 2.24) is 4.90 Å². The van der Waals surface area contributed by atoms with Gasteiger partial charge in [-0.3, -0.25) is 4.90 Å². The second-order valence-electron chi connectivity index (χ2n) is 7.28. The summed E-state index contributed by atoms with van der Waals surface area (Å²) >= 11 is 0. The molecule has 2 nitrogen and oxygen atoms in total. The van der Waals surface area contributed by atoms with Gasteiger partial charge in [0.15, 0.2) is 0 Å². The molecule has 1 heterocycles. The molecule has 0 aromatic heterocycles. The van der Waals surface area contributed by atoms with Crippen molar-refractivity contribution in [2.75, 3.05) is 13.1 Å². The molecule has 2 rings (SSSR count). The molecule has 1 aliphatic heterocycles. The van der Waals surface area contributed by atoms with Crippen LogP contribution in [0.2, 0.25) is 0 Å². The van der Waals surface area contributed by atoms with E-state index in [0.29, 0.717) is 6.42 Å². The molecule has 2 N–H and O–H groups in total. The lowest BCUT2D eigenvalue weighted by Crippen LogP contribution is -2.55. The highest BCUT2D eigenvalue weighted by Crippen LogP contribution is 2.51. The van der Waals surface area contributed by atoms with E-state index in [-0.39, 0.29) is 17.0 Å². The second-order valence-corrected chi connectivity index (χ2v) is 7.28. The summed E-state index contributed by atoms with van der Waals surface area (Å²) in [6.45, 7) is 10.6. The molecule has 0 aromatic carbocycles. The summed E-state index contributed by atoms with van der Waals surface area (Å²) < 4.78 is 14.2. The van der Waals surface area contributed by atoms with Crippen LogP contribution in [-0.4, -0.2) is 35.2 Å². The predicted molar refractivity (Wildman–Crippen MR) is 69.7 cm³/mol. The van der Waals surface area contributed by atoms with Gasteiger partial charge in [-0.1, -0.05) is 0 Å². The van der Waals surface area contributed by atoms with E-state index in [1.807, 2.05) is 0 Å². The van der Waals surface area contributed by atoms with E-state index in [1.165, 1.54) is 0 Å². The Morgan fingerprint density at radius 3 is 2.00 bits per heavy atom. The first-order valence-electron chi connectivity index (χ1n) is 6.87. The summed E-state index contributed by atoms with van der Waals surface area (Å²) in [4.78, 5) is 2.50. The minimum atomic E-state index is -1.15. The van der Waals surface area contributed by atoms with Crippen LogP contribution in [0, 0.1) is 5.41 Å². The summed E-state index contributed by atoms with van der Waals surface area (Å²) in [6.07, 6.45) is 3.73. The second kappa shape index (κ2) is 3.92. The van der Waals surface area contributed by atoms with Gasteiger partial charge in [0.2, 0.25) is 0 Å². The topological polar surface area (TPSA) is 29.3 Å². The van der Waals surface area contributed by atoms with Crippen LogP contribution in [-0.2, 0) is 0 Å². The Morgan fingerprint density at radius 1 is 1.12 bits per heavy atom. The molecule has 2 fully saturated rings. The van der Waals surface area contributed by atoms with Crippen molar-refractivity contribution in [2.45, 2.75) is 70.6 Å². The molecule has 3 heteroatoms. The predicted octanol–water partition coefficient (Wildman–Crippen LogP) is 2.72. The minimum Gasteiger partial charge on any atom is -0.325 e. The molecule has 2 atom stereocenters. The third-order valence-electron chi connectivity index (χ3n) is 5.13. The van der Waals surface area contributed by atoms with E-state index < -0.39 is 5.67 Å². The molecular weight excluding hydrogens is 215 g/mol. The zero-order valence-electron chi connectivity index (χ0n) is 11.7. The Labute approximate surface area is 105 Å². The maximum atomic E-state index is 14.2. The van der Waals surface area contributed by atoms with E-state index in [4.69, 9.17) is 5.73 Å². The molecule has 17 heavy (non-hydrogen) atoms. The zero-order chi connectivity index (χ0) is 12.9. The number of alkyl halides is 1. The number of nitrogens with two attached hydrogens (primary N) is 1. The van der Waals surface area contributed by atoms with Gasteiger partial charge in [-0.05, 0) is 71.9 Å². The highest BCUT2D eigenvalue weighted by molar-refractivity contribution is 5.08. The van der Waals surface area contributed by atoms with Gasteiger partial charge in [0.25, 0.3) is 0 Å². The first-order valence-corrected chi connectivity index (χ1v) is 6.87. The molecule has 1 aliphatic carbocycles. The third kappa shape index (κ3) is 2.24. The lowest BCUT2D eigenvalue weighted by Gasteiger charge is -2.47. The van der Waals surface area contributed by atoms with Crippen LogP contribution in [0.3, 0.4) is 0 Å². The van der Waals surface area contributed by atoms with Crippen molar-refractivity contribution in [3.05, 3.63) is 0 Å². The molecule has 0 bridgehead atoms. The van der Waals surface area contributed by atoms with Crippen LogP contribution in [0.25, 0.3) is 0 Å². The molecule has 0 aromatic rings. The van der Waals surface area contributed by atoms with E-state index in [0.717, 1.165) is 32.4 Å². The van der Waals surface area contributed by atoms with Gasteiger partial charge in [0.05, 0.1) is 0 Å². The number of nitrogens with zero attached hydrogens (tertiary/aromatic N) is 1. The fourth-order valence-corrected chi connectivity index (χ4v) is 3.63. The summed E-state index contributed by atoms with van der Waals surface area (Å²) in [6, 6.07) is -0.267. The Balaban J connectivity index is 2.04. The highest BCUT2D eigenvalue weighted by atomic mass is 19.1. The number of hydrogen-bond acceptors (Lipinski definition) is 2. The van der Waals surface area contributed by atoms with Crippen LogP contribution in [0.15, 0.2) is 0 Å². The Bertz CT molecular complexity index is 285. The fourth-order valence-electron chi connectivity index (χ4n) is 3.63. The Morgan fingerprint density at radius 2 is 1.65 bits per heavy atom. The molecular formula is C14H27FN2. The number of halogens is 1. The molecule has 0 radical (unpaired) electrons. The maximum Gasteiger partial charge on any atom is 0.123 e. The fraction of sp³-hybridized carbons (Fsp3) is 1.00. The lowest BCUT2D eigenvalue weighted by atomic mass is 9.72. The lowest BCUT2D eigenvalue weighted by molar-refractivity contribution is 0.0232. The van der Waals surface area contributed by atoms with Gasteiger partial charge in [0, 0.05) is 11.6 Å².